The van der Waals surface area contributed by atoms with E-state index in [2.05, 4.69) is 5.32 Å². The standard InChI is InChI=1S/C10H9FN2O2/c1-6-4-7(2-3-8(6)11)13-5-9(14)12-10(13)15/h2-4H,5H2,1H3,(H,12,14,15). The second-order valence-corrected chi connectivity index (χ2v) is 3.37. The number of hydrogen-bond acceptors (Lipinski definition) is 2. The first-order valence-electron chi connectivity index (χ1n) is 4.45. The van der Waals surface area contributed by atoms with Crippen LogP contribution in [0.2, 0.25) is 0 Å². The number of carbonyl (C=O) groups is 2. The van der Waals surface area contributed by atoms with Crippen molar-refractivity contribution in [3.63, 3.8) is 0 Å². The second kappa shape index (κ2) is 3.34. The third kappa shape index (κ3) is 1.68. The Morgan fingerprint density at radius 2 is 2.13 bits per heavy atom. The molecule has 0 unspecified atom stereocenters. The Labute approximate surface area is 85.7 Å². The van der Waals surface area contributed by atoms with Gasteiger partial charge in [0.2, 0.25) is 5.91 Å². The largest absolute Gasteiger partial charge is 0.329 e. The van der Waals surface area contributed by atoms with Crippen molar-refractivity contribution in [2.75, 3.05) is 11.4 Å². The lowest BCUT2D eigenvalue weighted by Crippen LogP contribution is -2.27. The number of imide groups is 1. The zero-order valence-electron chi connectivity index (χ0n) is 8.08. The third-order valence-electron chi connectivity index (χ3n) is 2.25. The molecule has 15 heavy (non-hydrogen) atoms. The summed E-state index contributed by atoms with van der Waals surface area (Å²) in [5.74, 6) is -0.674. The number of halogens is 1. The summed E-state index contributed by atoms with van der Waals surface area (Å²) in [5, 5.41) is 2.15. The lowest BCUT2D eigenvalue weighted by molar-refractivity contribution is -0.117. The molecule has 78 valence electrons. The number of hydrogen-bond donors (Lipinski definition) is 1. The maximum absolute atomic E-state index is 13.0. The van der Waals surface area contributed by atoms with E-state index < -0.39 is 6.03 Å². The Bertz CT molecular complexity index is 445. The molecule has 1 aromatic carbocycles. The van der Waals surface area contributed by atoms with Crippen LogP contribution in [0.3, 0.4) is 0 Å². The molecule has 0 saturated carbocycles. The van der Waals surface area contributed by atoms with Gasteiger partial charge in [0.15, 0.2) is 0 Å². The number of nitrogens with zero attached hydrogens (tertiary/aromatic N) is 1. The molecular weight excluding hydrogens is 199 g/mol. The first-order chi connectivity index (χ1) is 7.08. The minimum absolute atomic E-state index is 0.0100. The number of urea groups is 1. The highest BCUT2D eigenvalue weighted by Gasteiger charge is 2.27. The molecule has 1 aliphatic rings. The smallest absolute Gasteiger partial charge is 0.285 e. The van der Waals surface area contributed by atoms with Gasteiger partial charge in [0.05, 0.1) is 0 Å². The van der Waals surface area contributed by atoms with Gasteiger partial charge in [0.25, 0.3) is 0 Å². The molecule has 0 atom stereocenters. The molecule has 4 nitrogen and oxygen atoms in total. The lowest BCUT2D eigenvalue weighted by Gasteiger charge is -2.13. The van der Waals surface area contributed by atoms with E-state index in [1.165, 1.54) is 23.1 Å². The van der Waals surface area contributed by atoms with Crippen molar-refractivity contribution in [2.45, 2.75) is 6.92 Å². The maximum atomic E-state index is 13.0. The molecule has 5 heteroatoms. The number of anilines is 1. The molecular formula is C10H9FN2O2. The topological polar surface area (TPSA) is 49.4 Å². The van der Waals surface area contributed by atoms with Gasteiger partial charge >= 0.3 is 6.03 Å². The molecule has 0 bridgehead atoms. The summed E-state index contributed by atoms with van der Waals surface area (Å²) in [5.41, 5.74) is 0.969. The van der Waals surface area contributed by atoms with Crippen LogP contribution in [-0.4, -0.2) is 18.5 Å². The van der Waals surface area contributed by atoms with Crippen LogP contribution < -0.4 is 10.2 Å². The zero-order valence-corrected chi connectivity index (χ0v) is 8.08. The Morgan fingerprint density at radius 1 is 1.40 bits per heavy atom. The van der Waals surface area contributed by atoms with E-state index in [-0.39, 0.29) is 18.3 Å². The number of rotatable bonds is 1. The normalized spacial score (nSPS) is 15.7. The highest BCUT2D eigenvalue weighted by atomic mass is 19.1. The fraction of sp³-hybridized carbons (Fsp3) is 0.200. The summed E-state index contributed by atoms with van der Waals surface area (Å²) >= 11 is 0. The van der Waals surface area contributed by atoms with Gasteiger partial charge in [-0.1, -0.05) is 0 Å². The molecule has 1 aliphatic heterocycles. The summed E-state index contributed by atoms with van der Waals surface area (Å²) in [6.07, 6.45) is 0. The first kappa shape index (κ1) is 9.64. The van der Waals surface area contributed by atoms with Crippen LogP contribution >= 0.6 is 0 Å². The molecule has 0 aromatic heterocycles. The van der Waals surface area contributed by atoms with Crippen LogP contribution in [0.1, 0.15) is 5.56 Å². The Hall–Kier alpha value is -1.91. The highest BCUT2D eigenvalue weighted by molar-refractivity contribution is 6.12. The van der Waals surface area contributed by atoms with Gasteiger partial charge in [-0.05, 0) is 30.7 Å². The van der Waals surface area contributed by atoms with Gasteiger partial charge in [-0.25, -0.2) is 9.18 Å². The van der Waals surface area contributed by atoms with E-state index >= 15 is 0 Å². The van der Waals surface area contributed by atoms with Gasteiger partial charge in [0, 0.05) is 5.69 Å². The van der Waals surface area contributed by atoms with Gasteiger partial charge in [-0.15, -0.1) is 0 Å². The summed E-state index contributed by atoms with van der Waals surface area (Å²) < 4.78 is 13.0. The van der Waals surface area contributed by atoms with Crippen LogP contribution in [0.25, 0.3) is 0 Å². The number of benzene rings is 1. The molecule has 1 fully saturated rings. The van der Waals surface area contributed by atoms with Crippen LogP contribution in [0, 0.1) is 12.7 Å². The van der Waals surface area contributed by atoms with E-state index in [4.69, 9.17) is 0 Å². The van der Waals surface area contributed by atoms with E-state index in [9.17, 15) is 14.0 Å². The van der Waals surface area contributed by atoms with Crippen LogP contribution in [0.15, 0.2) is 18.2 Å². The Morgan fingerprint density at radius 3 is 2.67 bits per heavy atom. The average molecular weight is 208 g/mol. The summed E-state index contributed by atoms with van der Waals surface area (Å²) in [7, 11) is 0. The number of aryl methyl sites for hydroxylation is 1. The van der Waals surface area contributed by atoms with Crippen LogP contribution in [0.5, 0.6) is 0 Å². The Kier molecular flexibility index (Phi) is 2.15. The van der Waals surface area contributed by atoms with Gasteiger partial charge < -0.3 is 0 Å². The van der Waals surface area contributed by atoms with E-state index in [0.29, 0.717) is 11.3 Å². The molecule has 0 spiro atoms. The molecule has 2 rings (SSSR count). The minimum atomic E-state index is -0.467. The average Bonchev–Trinajstić information content (AvgIpc) is 2.50. The van der Waals surface area contributed by atoms with Crippen molar-refractivity contribution in [1.82, 2.24) is 5.32 Å². The van der Waals surface area contributed by atoms with Crippen molar-refractivity contribution in [2.24, 2.45) is 0 Å². The first-order valence-corrected chi connectivity index (χ1v) is 4.45. The van der Waals surface area contributed by atoms with Crippen LogP contribution in [-0.2, 0) is 4.79 Å². The zero-order chi connectivity index (χ0) is 11.0. The van der Waals surface area contributed by atoms with E-state index in [1.807, 2.05) is 0 Å². The Balaban J connectivity index is 2.34. The number of carbonyl (C=O) groups excluding carboxylic acids is 2. The van der Waals surface area contributed by atoms with Gasteiger partial charge in [0.1, 0.15) is 12.4 Å². The summed E-state index contributed by atoms with van der Waals surface area (Å²) in [6.45, 7) is 1.60. The molecule has 3 amide bonds. The SMILES string of the molecule is Cc1cc(N2CC(=O)NC2=O)ccc1F. The predicted molar refractivity (Wildman–Crippen MR) is 52.0 cm³/mol. The van der Waals surface area contributed by atoms with Crippen LogP contribution in [0.4, 0.5) is 14.9 Å². The van der Waals surface area contributed by atoms with Gasteiger partial charge in [-0.3, -0.25) is 15.0 Å². The van der Waals surface area contributed by atoms with Crippen molar-refractivity contribution >= 4 is 17.6 Å². The molecule has 1 N–H and O–H groups in total. The minimum Gasteiger partial charge on any atom is -0.285 e. The summed E-state index contributed by atoms with van der Waals surface area (Å²) in [6, 6.07) is 3.82. The fourth-order valence-corrected chi connectivity index (χ4v) is 1.45. The van der Waals surface area contributed by atoms with E-state index in [0.717, 1.165) is 0 Å². The third-order valence-corrected chi connectivity index (χ3v) is 2.25. The van der Waals surface area contributed by atoms with E-state index in [1.54, 1.807) is 6.92 Å². The highest BCUT2D eigenvalue weighted by Crippen LogP contribution is 2.19. The molecule has 1 aromatic rings. The van der Waals surface area contributed by atoms with Gasteiger partial charge in [-0.2, -0.15) is 0 Å². The molecule has 1 heterocycles. The summed E-state index contributed by atoms with van der Waals surface area (Å²) in [4.78, 5) is 23.5. The van der Waals surface area contributed by atoms with Crippen molar-refractivity contribution < 1.29 is 14.0 Å². The second-order valence-electron chi connectivity index (χ2n) is 3.37. The number of amides is 3. The number of nitrogens with one attached hydrogen (secondary N) is 1. The fourth-order valence-electron chi connectivity index (χ4n) is 1.45. The molecule has 0 aliphatic carbocycles. The lowest BCUT2D eigenvalue weighted by atomic mass is 10.2. The monoisotopic (exact) mass is 208 g/mol. The quantitative estimate of drug-likeness (QED) is 0.705. The maximum Gasteiger partial charge on any atom is 0.329 e. The van der Waals surface area contributed by atoms with Crippen molar-refractivity contribution in [1.29, 1.82) is 0 Å². The van der Waals surface area contributed by atoms with Crippen molar-refractivity contribution in [3.05, 3.63) is 29.6 Å². The van der Waals surface area contributed by atoms with Crippen molar-refractivity contribution in [3.8, 4) is 0 Å². The predicted octanol–water partition coefficient (Wildman–Crippen LogP) is 1.19. The molecule has 0 radical (unpaired) electrons. The molecule has 1 saturated heterocycles.